The van der Waals surface area contributed by atoms with Crippen LogP contribution in [-0.4, -0.2) is 42.0 Å². The number of halogens is 1. The Hall–Kier alpha value is 0.170. The number of aliphatic hydroxyl groups excluding tert-OH is 2. The van der Waals surface area contributed by atoms with E-state index >= 15 is 0 Å². The molecule has 0 heterocycles. The average Bonchev–Trinajstić information content (AvgIpc) is 1.91. The molecule has 1 atom stereocenters. The Kier molecular flexibility index (Phi) is 6.41. The molecule has 4 heteroatoms. The second-order valence-electron chi connectivity index (χ2n) is 1.55. The third-order valence-corrected chi connectivity index (χ3v) is 1.16. The first-order chi connectivity index (χ1) is 4.35. The fraction of sp³-hybridized carbons (Fsp3) is 1.00. The Morgan fingerprint density at radius 1 is 1.44 bits per heavy atom. The minimum Gasteiger partial charge on any atom is -0.394 e. The summed E-state index contributed by atoms with van der Waals surface area (Å²) in [4.78, 5) is 0. The minimum atomic E-state index is -0.334. The summed E-state index contributed by atoms with van der Waals surface area (Å²) in [5, 5.41) is 16.7. The maximum absolute atomic E-state index is 8.46. The molecular weight excluding hydrogens is 144 g/mol. The Labute approximate surface area is 59.2 Å². The number of rotatable bonds is 5. The third kappa shape index (κ3) is 4.66. The van der Waals surface area contributed by atoms with Gasteiger partial charge in [-0.1, -0.05) is 0 Å². The van der Waals surface area contributed by atoms with Crippen molar-refractivity contribution in [1.29, 1.82) is 0 Å². The van der Waals surface area contributed by atoms with E-state index in [-0.39, 0.29) is 31.8 Å². The highest BCUT2D eigenvalue weighted by molar-refractivity contribution is 6.18. The molecule has 9 heavy (non-hydrogen) atoms. The molecule has 0 fully saturated rings. The van der Waals surface area contributed by atoms with E-state index in [0.717, 1.165) is 0 Å². The number of alkyl halides is 1. The Bertz CT molecular complexity index is 56.2. The van der Waals surface area contributed by atoms with Gasteiger partial charge in [-0.3, -0.25) is 0 Å². The van der Waals surface area contributed by atoms with Crippen LogP contribution in [0.2, 0.25) is 0 Å². The van der Waals surface area contributed by atoms with E-state index in [1.54, 1.807) is 0 Å². The van der Waals surface area contributed by atoms with E-state index in [1.165, 1.54) is 0 Å². The molecule has 2 N–H and O–H groups in total. The summed E-state index contributed by atoms with van der Waals surface area (Å²) in [6.07, 6.45) is -0.334. The lowest BCUT2D eigenvalue weighted by Crippen LogP contribution is -2.21. The van der Waals surface area contributed by atoms with Gasteiger partial charge >= 0.3 is 0 Å². The highest BCUT2D eigenvalue weighted by Gasteiger charge is 2.03. The summed E-state index contributed by atoms with van der Waals surface area (Å²) in [5.74, 6) is 0.260. The number of aliphatic hydroxyl groups is 2. The van der Waals surface area contributed by atoms with Crippen LogP contribution in [0.1, 0.15) is 0 Å². The molecule has 0 aromatic heterocycles. The van der Waals surface area contributed by atoms with Crippen LogP contribution < -0.4 is 0 Å². The molecular formula is C5H11ClO3. The van der Waals surface area contributed by atoms with Gasteiger partial charge in [0, 0.05) is 0 Å². The van der Waals surface area contributed by atoms with Crippen molar-refractivity contribution in [2.24, 2.45) is 0 Å². The number of ether oxygens (including phenoxy) is 1. The molecule has 0 aromatic rings. The first kappa shape index (κ1) is 9.17. The molecule has 0 aliphatic rings. The molecule has 0 aromatic carbocycles. The van der Waals surface area contributed by atoms with Crippen LogP contribution in [0.3, 0.4) is 0 Å². The van der Waals surface area contributed by atoms with Gasteiger partial charge in [0.25, 0.3) is 0 Å². The zero-order chi connectivity index (χ0) is 7.11. The fourth-order valence-electron chi connectivity index (χ4n) is 0.365. The molecule has 0 saturated carbocycles. The highest BCUT2D eigenvalue weighted by Crippen LogP contribution is 1.92. The van der Waals surface area contributed by atoms with Crippen molar-refractivity contribution >= 4 is 11.6 Å². The van der Waals surface area contributed by atoms with Crippen molar-refractivity contribution in [3.8, 4) is 0 Å². The Balaban J connectivity index is 3.09. The lowest BCUT2D eigenvalue weighted by molar-refractivity contribution is 0.00922. The molecule has 0 saturated heterocycles. The maximum atomic E-state index is 8.46. The van der Waals surface area contributed by atoms with Gasteiger partial charge in [0.1, 0.15) is 0 Å². The van der Waals surface area contributed by atoms with Gasteiger partial charge in [0.2, 0.25) is 0 Å². The lowest BCUT2D eigenvalue weighted by Gasteiger charge is -2.09. The summed E-state index contributed by atoms with van der Waals surface area (Å²) < 4.78 is 4.86. The summed E-state index contributed by atoms with van der Waals surface area (Å²) in [5.41, 5.74) is 0. The van der Waals surface area contributed by atoms with Crippen LogP contribution in [0.25, 0.3) is 0 Å². The standard InChI is InChI=1S/C5H11ClO3/c6-3-5(4-8)9-2-1-7/h5,7-8H,1-4H2. The van der Waals surface area contributed by atoms with E-state index in [4.69, 9.17) is 26.6 Å². The highest BCUT2D eigenvalue weighted by atomic mass is 35.5. The second kappa shape index (κ2) is 6.29. The van der Waals surface area contributed by atoms with Gasteiger partial charge in [-0.05, 0) is 0 Å². The minimum absolute atomic E-state index is 0.0343. The molecule has 0 radical (unpaired) electrons. The van der Waals surface area contributed by atoms with Crippen molar-refractivity contribution < 1.29 is 14.9 Å². The van der Waals surface area contributed by atoms with Gasteiger partial charge in [0.05, 0.1) is 31.8 Å². The van der Waals surface area contributed by atoms with E-state index in [0.29, 0.717) is 0 Å². The van der Waals surface area contributed by atoms with Gasteiger partial charge < -0.3 is 14.9 Å². The van der Waals surface area contributed by atoms with Gasteiger partial charge in [-0.15, -0.1) is 11.6 Å². The van der Waals surface area contributed by atoms with E-state index in [1.807, 2.05) is 0 Å². The van der Waals surface area contributed by atoms with Gasteiger partial charge in [-0.2, -0.15) is 0 Å². The molecule has 0 aliphatic carbocycles. The third-order valence-electron chi connectivity index (χ3n) is 0.821. The molecule has 0 rings (SSSR count). The van der Waals surface area contributed by atoms with Gasteiger partial charge in [-0.25, -0.2) is 0 Å². The van der Waals surface area contributed by atoms with Crippen molar-refractivity contribution in [2.75, 3.05) is 25.7 Å². The largest absolute Gasteiger partial charge is 0.394 e. The van der Waals surface area contributed by atoms with E-state index in [9.17, 15) is 0 Å². The van der Waals surface area contributed by atoms with E-state index < -0.39 is 0 Å². The first-order valence-electron chi connectivity index (χ1n) is 2.74. The zero-order valence-corrected chi connectivity index (χ0v) is 5.84. The van der Waals surface area contributed by atoms with Crippen molar-refractivity contribution in [3.63, 3.8) is 0 Å². The first-order valence-corrected chi connectivity index (χ1v) is 3.28. The summed E-state index contributed by atoms with van der Waals surface area (Å²) in [7, 11) is 0. The number of hydrogen-bond acceptors (Lipinski definition) is 3. The Morgan fingerprint density at radius 2 is 2.11 bits per heavy atom. The van der Waals surface area contributed by atoms with Crippen LogP contribution in [0.5, 0.6) is 0 Å². The zero-order valence-electron chi connectivity index (χ0n) is 5.09. The fourth-order valence-corrected chi connectivity index (χ4v) is 0.552. The van der Waals surface area contributed by atoms with Crippen LogP contribution in [0.15, 0.2) is 0 Å². The molecule has 1 unspecified atom stereocenters. The molecule has 0 spiro atoms. The number of hydrogen-bond donors (Lipinski definition) is 2. The quantitative estimate of drug-likeness (QED) is 0.530. The van der Waals surface area contributed by atoms with Crippen molar-refractivity contribution in [3.05, 3.63) is 0 Å². The lowest BCUT2D eigenvalue weighted by atomic mass is 10.4. The second-order valence-corrected chi connectivity index (χ2v) is 1.86. The van der Waals surface area contributed by atoms with Crippen molar-refractivity contribution in [2.45, 2.75) is 6.10 Å². The SMILES string of the molecule is OCCOC(CO)CCl. The molecule has 0 amide bonds. The van der Waals surface area contributed by atoms with Crippen molar-refractivity contribution in [1.82, 2.24) is 0 Å². The topological polar surface area (TPSA) is 49.7 Å². The predicted octanol–water partition coefficient (Wildman–Crippen LogP) is -0.405. The van der Waals surface area contributed by atoms with Crippen LogP contribution >= 0.6 is 11.6 Å². The summed E-state index contributed by atoms with van der Waals surface area (Å²) in [6.45, 7) is 0.106. The molecule has 3 nitrogen and oxygen atoms in total. The Morgan fingerprint density at radius 3 is 2.44 bits per heavy atom. The van der Waals surface area contributed by atoms with Crippen LogP contribution in [0.4, 0.5) is 0 Å². The van der Waals surface area contributed by atoms with Crippen LogP contribution in [0, 0.1) is 0 Å². The maximum Gasteiger partial charge on any atom is 0.0941 e. The summed E-state index contributed by atoms with van der Waals surface area (Å²) >= 11 is 5.34. The average molecular weight is 155 g/mol. The van der Waals surface area contributed by atoms with Crippen LogP contribution in [-0.2, 0) is 4.74 Å². The van der Waals surface area contributed by atoms with E-state index in [2.05, 4.69) is 0 Å². The monoisotopic (exact) mass is 154 g/mol. The molecule has 56 valence electrons. The predicted molar refractivity (Wildman–Crippen MR) is 34.6 cm³/mol. The summed E-state index contributed by atoms with van der Waals surface area (Å²) in [6, 6.07) is 0. The smallest absolute Gasteiger partial charge is 0.0941 e. The molecule has 0 bridgehead atoms. The van der Waals surface area contributed by atoms with Gasteiger partial charge in [0.15, 0.2) is 0 Å². The normalized spacial score (nSPS) is 13.7. The molecule has 0 aliphatic heterocycles.